The monoisotopic (exact) mass is 232 g/mol. The Morgan fingerprint density at radius 2 is 2.18 bits per heavy atom. The molecule has 2 rings (SSSR count). The molecule has 0 amide bonds. The average molecular weight is 232 g/mol. The molecule has 0 saturated carbocycles. The molecule has 2 heteroatoms. The van der Waals surface area contributed by atoms with Crippen molar-refractivity contribution in [3.05, 3.63) is 46.8 Å². The van der Waals surface area contributed by atoms with E-state index in [1.807, 2.05) is 0 Å². The zero-order valence-corrected chi connectivity index (χ0v) is 10.1. The van der Waals surface area contributed by atoms with E-state index in [2.05, 4.69) is 6.08 Å². The van der Waals surface area contributed by atoms with Gasteiger partial charge < -0.3 is 0 Å². The number of hydrogen-bond donors (Lipinski definition) is 0. The highest BCUT2D eigenvalue weighted by molar-refractivity contribution is 5.97. The fourth-order valence-electron chi connectivity index (χ4n) is 2.14. The smallest absolute Gasteiger partial charge is 0.166 e. The van der Waals surface area contributed by atoms with Crippen LogP contribution in [0.2, 0.25) is 0 Å². The summed E-state index contributed by atoms with van der Waals surface area (Å²) in [4.78, 5) is 12.0. The zero-order valence-electron chi connectivity index (χ0n) is 10.1. The third-order valence-electron chi connectivity index (χ3n) is 3.27. The standard InChI is InChI=1S/C15H17FO/c1-11-7-8-13(10-14(11)16)15(17)9-12-5-3-2-4-6-12/h5,7-8,10H,2-4,6,9H2,1H3. The number of ketones is 1. The second-order valence-electron chi connectivity index (χ2n) is 4.67. The number of Topliss-reactive ketones (excluding diaryl/α,β-unsaturated/α-hetero) is 1. The molecule has 90 valence electrons. The van der Waals surface area contributed by atoms with Gasteiger partial charge in [0.25, 0.3) is 0 Å². The Morgan fingerprint density at radius 1 is 1.35 bits per heavy atom. The van der Waals surface area contributed by atoms with E-state index >= 15 is 0 Å². The number of allylic oxidation sites excluding steroid dienone is 2. The average Bonchev–Trinajstić information content (AvgIpc) is 2.34. The number of rotatable bonds is 3. The predicted molar refractivity (Wildman–Crippen MR) is 66.6 cm³/mol. The molecule has 0 radical (unpaired) electrons. The van der Waals surface area contributed by atoms with Gasteiger partial charge in [-0.05, 0) is 44.2 Å². The lowest BCUT2D eigenvalue weighted by molar-refractivity contribution is 0.0991. The van der Waals surface area contributed by atoms with Crippen molar-refractivity contribution in [3.63, 3.8) is 0 Å². The summed E-state index contributed by atoms with van der Waals surface area (Å²) in [5, 5.41) is 0. The Hall–Kier alpha value is -1.44. The Labute approximate surface area is 101 Å². The summed E-state index contributed by atoms with van der Waals surface area (Å²) in [6.45, 7) is 1.70. The van der Waals surface area contributed by atoms with Crippen LogP contribution in [0.3, 0.4) is 0 Å². The maximum Gasteiger partial charge on any atom is 0.166 e. The summed E-state index contributed by atoms with van der Waals surface area (Å²) in [6.07, 6.45) is 7.08. The molecular formula is C15H17FO. The highest BCUT2D eigenvalue weighted by Crippen LogP contribution is 2.22. The van der Waals surface area contributed by atoms with Gasteiger partial charge in [-0.25, -0.2) is 4.39 Å². The summed E-state index contributed by atoms with van der Waals surface area (Å²) in [5.41, 5.74) is 2.28. The maximum absolute atomic E-state index is 13.4. The third kappa shape index (κ3) is 3.02. The molecule has 0 bridgehead atoms. The molecule has 1 aromatic rings. The molecule has 0 saturated heterocycles. The lowest BCUT2D eigenvalue weighted by Crippen LogP contribution is -2.04. The SMILES string of the molecule is Cc1ccc(C(=O)CC2=CCCCC2)cc1F. The van der Waals surface area contributed by atoms with E-state index in [0.717, 1.165) is 12.8 Å². The van der Waals surface area contributed by atoms with Crippen molar-refractivity contribution in [1.82, 2.24) is 0 Å². The van der Waals surface area contributed by atoms with E-state index in [1.165, 1.54) is 24.5 Å². The predicted octanol–water partition coefficient (Wildman–Crippen LogP) is 4.21. The number of aryl methyl sites for hydroxylation is 1. The van der Waals surface area contributed by atoms with Crippen LogP contribution in [-0.2, 0) is 0 Å². The minimum Gasteiger partial charge on any atom is -0.294 e. The molecule has 0 spiro atoms. The first-order valence-corrected chi connectivity index (χ1v) is 6.14. The molecular weight excluding hydrogens is 215 g/mol. The Morgan fingerprint density at radius 3 is 2.82 bits per heavy atom. The molecule has 1 aliphatic rings. The fourth-order valence-corrected chi connectivity index (χ4v) is 2.14. The molecule has 1 aliphatic carbocycles. The molecule has 0 aromatic heterocycles. The van der Waals surface area contributed by atoms with Crippen molar-refractivity contribution in [3.8, 4) is 0 Å². The Bertz CT molecular complexity index is 460. The van der Waals surface area contributed by atoms with Crippen LogP contribution in [0.5, 0.6) is 0 Å². The molecule has 0 unspecified atom stereocenters. The van der Waals surface area contributed by atoms with E-state index in [4.69, 9.17) is 0 Å². The van der Waals surface area contributed by atoms with Gasteiger partial charge in [0.1, 0.15) is 5.82 Å². The van der Waals surface area contributed by atoms with Crippen molar-refractivity contribution >= 4 is 5.78 Å². The largest absolute Gasteiger partial charge is 0.294 e. The molecule has 0 N–H and O–H groups in total. The van der Waals surface area contributed by atoms with Crippen molar-refractivity contribution < 1.29 is 9.18 Å². The van der Waals surface area contributed by atoms with Crippen molar-refractivity contribution in [1.29, 1.82) is 0 Å². The van der Waals surface area contributed by atoms with Gasteiger partial charge in [0.05, 0.1) is 0 Å². The number of hydrogen-bond acceptors (Lipinski definition) is 1. The second-order valence-corrected chi connectivity index (χ2v) is 4.67. The Kier molecular flexibility index (Phi) is 3.72. The summed E-state index contributed by atoms with van der Waals surface area (Å²) in [6, 6.07) is 4.73. The van der Waals surface area contributed by atoms with Crippen LogP contribution >= 0.6 is 0 Å². The van der Waals surface area contributed by atoms with Crippen LogP contribution in [0.25, 0.3) is 0 Å². The van der Waals surface area contributed by atoms with Gasteiger partial charge in [-0.2, -0.15) is 0 Å². The minimum absolute atomic E-state index is 0.0250. The normalized spacial score (nSPS) is 15.5. The van der Waals surface area contributed by atoms with E-state index in [0.29, 0.717) is 17.5 Å². The molecule has 17 heavy (non-hydrogen) atoms. The maximum atomic E-state index is 13.4. The molecule has 0 atom stereocenters. The van der Waals surface area contributed by atoms with E-state index in [-0.39, 0.29) is 11.6 Å². The lowest BCUT2D eigenvalue weighted by Gasteiger charge is -2.11. The quantitative estimate of drug-likeness (QED) is 0.563. The summed E-state index contributed by atoms with van der Waals surface area (Å²) in [5.74, 6) is -0.273. The van der Waals surface area contributed by atoms with Gasteiger partial charge >= 0.3 is 0 Å². The number of benzene rings is 1. The number of carbonyl (C=O) groups is 1. The topological polar surface area (TPSA) is 17.1 Å². The first kappa shape index (κ1) is 12.0. The lowest BCUT2D eigenvalue weighted by atomic mass is 9.93. The van der Waals surface area contributed by atoms with Crippen LogP contribution in [-0.4, -0.2) is 5.78 Å². The molecule has 0 heterocycles. The molecule has 0 fully saturated rings. The van der Waals surface area contributed by atoms with Gasteiger partial charge in [0.2, 0.25) is 0 Å². The van der Waals surface area contributed by atoms with Crippen LogP contribution in [0.1, 0.15) is 48.0 Å². The highest BCUT2D eigenvalue weighted by atomic mass is 19.1. The first-order valence-electron chi connectivity index (χ1n) is 6.14. The van der Waals surface area contributed by atoms with Gasteiger partial charge in [0, 0.05) is 12.0 Å². The Balaban J connectivity index is 2.09. The molecule has 0 aliphatic heterocycles. The van der Waals surface area contributed by atoms with Gasteiger partial charge in [-0.15, -0.1) is 0 Å². The van der Waals surface area contributed by atoms with Crippen LogP contribution < -0.4 is 0 Å². The summed E-state index contributed by atoms with van der Waals surface area (Å²) >= 11 is 0. The van der Waals surface area contributed by atoms with Gasteiger partial charge in [-0.3, -0.25) is 4.79 Å². The van der Waals surface area contributed by atoms with Crippen molar-refractivity contribution in [2.45, 2.75) is 39.0 Å². The summed E-state index contributed by atoms with van der Waals surface area (Å²) in [7, 11) is 0. The summed E-state index contributed by atoms with van der Waals surface area (Å²) < 4.78 is 13.4. The fraction of sp³-hybridized carbons (Fsp3) is 0.400. The van der Waals surface area contributed by atoms with Crippen LogP contribution in [0.15, 0.2) is 29.8 Å². The highest BCUT2D eigenvalue weighted by Gasteiger charge is 2.12. The van der Waals surface area contributed by atoms with E-state index < -0.39 is 0 Å². The van der Waals surface area contributed by atoms with Crippen LogP contribution in [0.4, 0.5) is 4.39 Å². The van der Waals surface area contributed by atoms with Gasteiger partial charge in [-0.1, -0.05) is 23.8 Å². The van der Waals surface area contributed by atoms with Crippen molar-refractivity contribution in [2.75, 3.05) is 0 Å². The minimum atomic E-state index is -0.298. The molecule has 1 nitrogen and oxygen atoms in total. The first-order chi connectivity index (χ1) is 8.16. The number of carbonyl (C=O) groups excluding carboxylic acids is 1. The van der Waals surface area contributed by atoms with E-state index in [1.54, 1.807) is 19.1 Å². The van der Waals surface area contributed by atoms with Crippen LogP contribution in [0, 0.1) is 12.7 Å². The third-order valence-corrected chi connectivity index (χ3v) is 3.27. The van der Waals surface area contributed by atoms with E-state index in [9.17, 15) is 9.18 Å². The zero-order chi connectivity index (χ0) is 12.3. The van der Waals surface area contributed by atoms with Gasteiger partial charge in [0.15, 0.2) is 5.78 Å². The molecule has 1 aromatic carbocycles. The second kappa shape index (κ2) is 5.26. The van der Waals surface area contributed by atoms with Crippen molar-refractivity contribution in [2.24, 2.45) is 0 Å². The number of halogens is 1.